The number of methoxy groups -OCH3 is 1. The van der Waals surface area contributed by atoms with Crippen molar-refractivity contribution in [2.24, 2.45) is 5.10 Å². The fourth-order valence-electron chi connectivity index (χ4n) is 2.83. The van der Waals surface area contributed by atoms with E-state index in [1.54, 1.807) is 19.1 Å². The molecular formula is C19H16ClF3N2O3. The molecule has 1 N–H and O–H groups in total. The minimum atomic E-state index is -5.13. The topological polar surface area (TPSA) is 62.1 Å². The van der Waals surface area contributed by atoms with Gasteiger partial charge in [-0.15, -0.1) is 0 Å². The second-order valence-electron chi connectivity index (χ2n) is 6.37. The summed E-state index contributed by atoms with van der Waals surface area (Å²) in [5.74, 6) is -0.638. The van der Waals surface area contributed by atoms with Crippen molar-refractivity contribution in [3.05, 3.63) is 64.2 Å². The number of aryl methyl sites for hydroxylation is 1. The van der Waals surface area contributed by atoms with E-state index in [1.807, 2.05) is 0 Å². The van der Waals surface area contributed by atoms with E-state index in [0.717, 1.165) is 5.56 Å². The van der Waals surface area contributed by atoms with Crippen LogP contribution in [0.5, 0.6) is 5.75 Å². The number of aliphatic hydroxyl groups is 1. The van der Waals surface area contributed by atoms with Crippen LogP contribution in [0.4, 0.5) is 13.2 Å². The predicted molar refractivity (Wildman–Crippen MR) is 97.5 cm³/mol. The lowest BCUT2D eigenvalue weighted by Crippen LogP contribution is -2.56. The van der Waals surface area contributed by atoms with Crippen molar-refractivity contribution >= 4 is 23.2 Å². The molecule has 28 heavy (non-hydrogen) atoms. The molecule has 9 heteroatoms. The quantitative estimate of drug-likeness (QED) is 0.823. The summed E-state index contributed by atoms with van der Waals surface area (Å²) >= 11 is 6.02. The Hall–Kier alpha value is -2.58. The highest BCUT2D eigenvalue weighted by molar-refractivity contribution is 6.34. The van der Waals surface area contributed by atoms with Crippen LogP contribution in [0.2, 0.25) is 5.02 Å². The third kappa shape index (κ3) is 3.45. The normalized spacial score (nSPS) is 19.5. The highest BCUT2D eigenvalue weighted by Crippen LogP contribution is 2.42. The van der Waals surface area contributed by atoms with Gasteiger partial charge in [0.2, 0.25) is 0 Å². The first-order valence-electron chi connectivity index (χ1n) is 8.18. The van der Waals surface area contributed by atoms with Gasteiger partial charge in [-0.25, -0.2) is 0 Å². The second-order valence-corrected chi connectivity index (χ2v) is 6.77. The maximum Gasteiger partial charge on any atom is 0.438 e. The molecule has 148 valence electrons. The van der Waals surface area contributed by atoms with Gasteiger partial charge in [0.05, 0.1) is 29.8 Å². The Bertz CT molecular complexity index is 944. The molecule has 0 radical (unpaired) electrons. The number of ether oxygens (including phenoxy) is 1. The summed E-state index contributed by atoms with van der Waals surface area (Å²) in [7, 11) is 1.45. The van der Waals surface area contributed by atoms with E-state index in [0.29, 0.717) is 11.3 Å². The summed E-state index contributed by atoms with van der Waals surface area (Å²) in [6, 6.07) is 10.4. The number of carbonyl (C=O) groups excluding carboxylic acids is 1. The Labute approximate surface area is 164 Å². The molecule has 5 nitrogen and oxygen atoms in total. The number of hydrogen-bond donors (Lipinski definition) is 1. The smallest absolute Gasteiger partial charge is 0.438 e. The molecule has 1 aliphatic rings. The summed E-state index contributed by atoms with van der Waals surface area (Å²) in [5, 5.41) is 14.2. The Morgan fingerprint density at radius 1 is 1.25 bits per heavy atom. The fourth-order valence-corrected chi connectivity index (χ4v) is 3.15. The SMILES string of the molecule is COc1ccc(C2=NN(C(=O)c3ccc(C)cc3Cl)C(O)(C(F)(F)F)C2)cc1. The van der Waals surface area contributed by atoms with E-state index in [9.17, 15) is 23.1 Å². The molecule has 1 heterocycles. The van der Waals surface area contributed by atoms with Gasteiger partial charge in [0.1, 0.15) is 5.75 Å². The maximum absolute atomic E-state index is 13.7. The molecule has 3 rings (SSSR count). The Balaban J connectivity index is 2.05. The monoisotopic (exact) mass is 412 g/mol. The number of nitrogens with zero attached hydrogens (tertiary/aromatic N) is 2. The van der Waals surface area contributed by atoms with Crippen LogP contribution in [0, 0.1) is 6.92 Å². The minimum absolute atomic E-state index is 0.0254. The van der Waals surface area contributed by atoms with Crippen molar-refractivity contribution < 1.29 is 27.8 Å². The van der Waals surface area contributed by atoms with Crippen LogP contribution < -0.4 is 4.74 Å². The molecule has 0 saturated carbocycles. The molecule has 0 fully saturated rings. The number of alkyl halides is 3. The van der Waals surface area contributed by atoms with Crippen LogP contribution in [-0.4, -0.2) is 40.7 Å². The van der Waals surface area contributed by atoms with E-state index in [4.69, 9.17) is 16.3 Å². The molecule has 0 saturated heterocycles. The Morgan fingerprint density at radius 3 is 2.43 bits per heavy atom. The average molecular weight is 413 g/mol. The van der Waals surface area contributed by atoms with Gasteiger partial charge in [0.25, 0.3) is 11.6 Å². The highest BCUT2D eigenvalue weighted by atomic mass is 35.5. The average Bonchev–Trinajstić information content (AvgIpc) is 3.00. The van der Waals surface area contributed by atoms with Gasteiger partial charge >= 0.3 is 6.18 Å². The number of rotatable bonds is 3. The predicted octanol–water partition coefficient (Wildman–Crippen LogP) is 4.16. The number of carbonyl (C=O) groups is 1. The van der Waals surface area contributed by atoms with Crippen LogP contribution >= 0.6 is 11.6 Å². The first-order valence-corrected chi connectivity index (χ1v) is 8.56. The Kier molecular flexibility index (Phi) is 5.12. The van der Waals surface area contributed by atoms with Gasteiger partial charge in [-0.3, -0.25) is 4.79 Å². The summed E-state index contributed by atoms with van der Waals surface area (Å²) in [4.78, 5) is 12.8. The van der Waals surface area contributed by atoms with Gasteiger partial charge in [0, 0.05) is 0 Å². The van der Waals surface area contributed by atoms with E-state index in [-0.39, 0.29) is 21.3 Å². The van der Waals surface area contributed by atoms with Gasteiger partial charge in [-0.05, 0) is 54.4 Å². The zero-order valence-electron chi connectivity index (χ0n) is 14.9. The molecule has 1 atom stereocenters. The highest BCUT2D eigenvalue weighted by Gasteiger charge is 2.63. The minimum Gasteiger partial charge on any atom is -0.497 e. The molecule has 0 aliphatic carbocycles. The van der Waals surface area contributed by atoms with Gasteiger partial charge in [-0.1, -0.05) is 17.7 Å². The molecule has 1 aliphatic heterocycles. The van der Waals surface area contributed by atoms with Gasteiger partial charge in [-0.2, -0.15) is 23.3 Å². The number of halogens is 4. The lowest BCUT2D eigenvalue weighted by atomic mass is 10.0. The van der Waals surface area contributed by atoms with Crippen LogP contribution in [0.25, 0.3) is 0 Å². The fraction of sp³-hybridized carbons (Fsp3) is 0.263. The number of benzene rings is 2. The number of hydrazone groups is 1. The first-order chi connectivity index (χ1) is 13.1. The maximum atomic E-state index is 13.7. The van der Waals surface area contributed by atoms with Crippen molar-refractivity contribution in [3.63, 3.8) is 0 Å². The van der Waals surface area contributed by atoms with Crippen LogP contribution in [0.15, 0.2) is 47.6 Å². The van der Waals surface area contributed by atoms with Crippen molar-refractivity contribution in [1.82, 2.24) is 5.01 Å². The largest absolute Gasteiger partial charge is 0.497 e. The molecule has 2 aromatic carbocycles. The zero-order valence-corrected chi connectivity index (χ0v) is 15.7. The first kappa shape index (κ1) is 20.2. The van der Waals surface area contributed by atoms with E-state index >= 15 is 0 Å². The van der Waals surface area contributed by atoms with Crippen LogP contribution in [-0.2, 0) is 0 Å². The Morgan fingerprint density at radius 2 is 1.89 bits per heavy atom. The second kappa shape index (κ2) is 7.10. The standard InChI is InChI=1S/C19H16ClF3N2O3/c1-11-3-8-14(15(20)9-11)17(26)25-18(27,19(21,22)23)10-16(24-25)12-4-6-13(28-2)7-5-12/h3-9,27H,10H2,1-2H3. The lowest BCUT2D eigenvalue weighted by molar-refractivity contribution is -0.297. The van der Waals surface area contributed by atoms with Crippen molar-refractivity contribution in [2.45, 2.75) is 25.2 Å². The van der Waals surface area contributed by atoms with E-state index in [2.05, 4.69) is 5.10 Å². The molecule has 1 unspecified atom stereocenters. The van der Waals surface area contributed by atoms with Crippen molar-refractivity contribution in [3.8, 4) is 5.75 Å². The molecular weight excluding hydrogens is 397 g/mol. The summed E-state index contributed by atoms with van der Waals surface area (Å²) in [5.41, 5.74) is -2.69. The summed E-state index contributed by atoms with van der Waals surface area (Å²) in [6.45, 7) is 1.72. The molecule has 1 amide bonds. The van der Waals surface area contributed by atoms with E-state index < -0.39 is 24.2 Å². The summed E-state index contributed by atoms with van der Waals surface area (Å²) < 4.78 is 46.0. The van der Waals surface area contributed by atoms with Crippen LogP contribution in [0.3, 0.4) is 0 Å². The third-order valence-corrected chi connectivity index (χ3v) is 4.72. The van der Waals surface area contributed by atoms with E-state index in [1.165, 1.54) is 37.4 Å². The zero-order chi connectivity index (χ0) is 20.7. The third-order valence-electron chi connectivity index (χ3n) is 4.41. The van der Waals surface area contributed by atoms with Gasteiger partial charge in [0.15, 0.2) is 0 Å². The van der Waals surface area contributed by atoms with Gasteiger partial charge < -0.3 is 9.84 Å². The summed E-state index contributed by atoms with van der Waals surface area (Å²) in [6.07, 6.45) is -6.03. The van der Waals surface area contributed by atoms with Crippen molar-refractivity contribution in [1.29, 1.82) is 0 Å². The van der Waals surface area contributed by atoms with Crippen molar-refractivity contribution in [2.75, 3.05) is 7.11 Å². The molecule has 0 bridgehead atoms. The van der Waals surface area contributed by atoms with Crippen LogP contribution in [0.1, 0.15) is 27.9 Å². The molecule has 0 aromatic heterocycles. The number of amides is 1. The number of hydrogen-bond acceptors (Lipinski definition) is 4. The molecule has 0 spiro atoms. The molecule has 2 aromatic rings. The lowest BCUT2D eigenvalue weighted by Gasteiger charge is -2.32.